The van der Waals surface area contributed by atoms with Gasteiger partial charge in [-0.2, -0.15) is 0 Å². The van der Waals surface area contributed by atoms with Gasteiger partial charge in [-0.15, -0.1) is 11.8 Å². The number of rotatable bonds is 8. The molecule has 0 spiro atoms. The van der Waals surface area contributed by atoms with E-state index in [-0.39, 0.29) is 5.91 Å². The van der Waals surface area contributed by atoms with Crippen LogP contribution in [0, 0.1) is 0 Å². The second-order valence-electron chi connectivity index (χ2n) is 4.45. The highest BCUT2D eigenvalue weighted by Crippen LogP contribution is 2.29. The fraction of sp³-hybridized carbons (Fsp3) is 0.250. The summed E-state index contributed by atoms with van der Waals surface area (Å²) in [5, 5.41) is 3.93. The molecule has 0 aliphatic heterocycles. The van der Waals surface area contributed by atoms with Crippen LogP contribution in [0.25, 0.3) is 0 Å². The monoisotopic (exact) mass is 350 g/mol. The lowest BCUT2D eigenvalue weighted by Gasteiger charge is -2.06. The van der Waals surface area contributed by atoms with Crippen LogP contribution in [0.15, 0.2) is 58.6 Å². The molecule has 0 saturated carbocycles. The Morgan fingerprint density at radius 3 is 2.68 bits per heavy atom. The number of carbonyl (C=O) groups is 1. The SMILES string of the molecule is CSc1ccc(CNC(=O)CCSSc2ccccn2)cc1. The van der Waals surface area contributed by atoms with Gasteiger partial charge in [0.25, 0.3) is 0 Å². The highest BCUT2D eigenvalue weighted by Gasteiger charge is 2.03. The molecule has 116 valence electrons. The molecular weight excluding hydrogens is 332 g/mol. The number of amides is 1. The quantitative estimate of drug-likeness (QED) is 0.438. The maximum absolute atomic E-state index is 11.8. The molecule has 3 nitrogen and oxygen atoms in total. The third kappa shape index (κ3) is 6.34. The summed E-state index contributed by atoms with van der Waals surface area (Å²) in [6, 6.07) is 14.1. The van der Waals surface area contributed by atoms with Crippen molar-refractivity contribution in [3.8, 4) is 0 Å². The summed E-state index contributed by atoms with van der Waals surface area (Å²) in [4.78, 5) is 17.3. The van der Waals surface area contributed by atoms with Crippen molar-refractivity contribution < 1.29 is 4.79 Å². The Morgan fingerprint density at radius 1 is 1.18 bits per heavy atom. The van der Waals surface area contributed by atoms with E-state index in [1.54, 1.807) is 39.5 Å². The molecular formula is C16H18N2OS3. The molecule has 0 aliphatic rings. The Bertz CT molecular complexity index is 576. The van der Waals surface area contributed by atoms with Crippen molar-refractivity contribution in [2.45, 2.75) is 22.9 Å². The average molecular weight is 351 g/mol. The van der Waals surface area contributed by atoms with Gasteiger partial charge < -0.3 is 5.32 Å². The fourth-order valence-electron chi connectivity index (χ4n) is 1.67. The molecule has 1 aromatic carbocycles. The molecule has 1 amide bonds. The Kier molecular flexibility index (Phi) is 7.70. The van der Waals surface area contributed by atoms with E-state index < -0.39 is 0 Å². The summed E-state index contributed by atoms with van der Waals surface area (Å²) < 4.78 is 0. The first-order valence-corrected chi connectivity index (χ1v) is 10.4. The molecule has 0 radical (unpaired) electrons. The Balaban J connectivity index is 1.61. The van der Waals surface area contributed by atoms with Crippen molar-refractivity contribution in [2.75, 3.05) is 12.0 Å². The van der Waals surface area contributed by atoms with Crippen LogP contribution in [0.5, 0.6) is 0 Å². The molecule has 0 aliphatic carbocycles. The zero-order valence-corrected chi connectivity index (χ0v) is 14.8. The predicted octanol–water partition coefficient (Wildman–Crippen LogP) is 4.25. The Morgan fingerprint density at radius 2 is 2.00 bits per heavy atom. The number of hydrogen-bond acceptors (Lipinski definition) is 5. The summed E-state index contributed by atoms with van der Waals surface area (Å²) in [5.41, 5.74) is 1.13. The molecule has 0 fully saturated rings. The van der Waals surface area contributed by atoms with Gasteiger partial charge in [-0.05, 0) is 46.9 Å². The first-order chi connectivity index (χ1) is 10.8. The van der Waals surface area contributed by atoms with Crippen LogP contribution in [0.2, 0.25) is 0 Å². The molecule has 1 aromatic heterocycles. The number of nitrogens with zero attached hydrogens (tertiary/aromatic N) is 1. The summed E-state index contributed by atoms with van der Waals surface area (Å²) in [7, 11) is 3.26. The molecule has 6 heteroatoms. The van der Waals surface area contributed by atoms with E-state index in [9.17, 15) is 4.79 Å². The van der Waals surface area contributed by atoms with Gasteiger partial charge in [0, 0.05) is 29.8 Å². The average Bonchev–Trinajstić information content (AvgIpc) is 2.58. The van der Waals surface area contributed by atoms with Gasteiger partial charge in [0.05, 0.1) is 0 Å². The van der Waals surface area contributed by atoms with Crippen molar-refractivity contribution in [1.82, 2.24) is 10.3 Å². The predicted molar refractivity (Wildman–Crippen MR) is 97.2 cm³/mol. The number of aromatic nitrogens is 1. The van der Waals surface area contributed by atoms with Gasteiger partial charge in [-0.25, -0.2) is 4.98 Å². The molecule has 2 rings (SSSR count). The molecule has 22 heavy (non-hydrogen) atoms. The van der Waals surface area contributed by atoms with E-state index in [4.69, 9.17) is 0 Å². The van der Waals surface area contributed by atoms with Crippen LogP contribution in [0.3, 0.4) is 0 Å². The van der Waals surface area contributed by atoms with Crippen LogP contribution in [-0.4, -0.2) is 22.9 Å². The summed E-state index contributed by atoms with van der Waals surface area (Å²) >= 11 is 1.72. The number of carbonyl (C=O) groups excluding carboxylic acids is 1. The van der Waals surface area contributed by atoms with E-state index >= 15 is 0 Å². The second kappa shape index (κ2) is 9.82. The molecule has 2 aromatic rings. The van der Waals surface area contributed by atoms with Gasteiger partial charge in [-0.1, -0.05) is 29.0 Å². The zero-order chi connectivity index (χ0) is 15.6. The van der Waals surface area contributed by atoms with Crippen molar-refractivity contribution in [3.05, 3.63) is 54.2 Å². The third-order valence-corrected chi connectivity index (χ3v) is 5.85. The van der Waals surface area contributed by atoms with Gasteiger partial charge in [0.1, 0.15) is 5.03 Å². The largest absolute Gasteiger partial charge is 0.352 e. The van der Waals surface area contributed by atoms with E-state index in [0.717, 1.165) is 16.3 Å². The maximum Gasteiger partial charge on any atom is 0.221 e. The first-order valence-electron chi connectivity index (χ1n) is 6.88. The second-order valence-corrected chi connectivity index (χ2v) is 7.76. The van der Waals surface area contributed by atoms with Crippen LogP contribution in [-0.2, 0) is 11.3 Å². The van der Waals surface area contributed by atoms with Gasteiger partial charge in [0.15, 0.2) is 0 Å². The Hall–Kier alpha value is -1.11. The molecule has 0 unspecified atom stereocenters. The van der Waals surface area contributed by atoms with Gasteiger partial charge in [0.2, 0.25) is 5.91 Å². The molecule has 0 atom stereocenters. The Labute approximate surface area is 143 Å². The van der Waals surface area contributed by atoms with E-state index in [1.807, 2.05) is 18.2 Å². The third-order valence-electron chi connectivity index (χ3n) is 2.84. The number of pyridine rings is 1. The van der Waals surface area contributed by atoms with Crippen molar-refractivity contribution in [2.24, 2.45) is 0 Å². The lowest BCUT2D eigenvalue weighted by atomic mass is 10.2. The number of nitrogens with one attached hydrogen (secondary N) is 1. The highest BCUT2D eigenvalue weighted by atomic mass is 33.1. The summed E-state index contributed by atoms with van der Waals surface area (Å²) in [6.45, 7) is 0.589. The normalized spacial score (nSPS) is 10.4. The first kappa shape index (κ1) is 17.2. The van der Waals surface area contributed by atoms with Crippen LogP contribution in [0.1, 0.15) is 12.0 Å². The number of benzene rings is 1. The maximum atomic E-state index is 11.8. The molecule has 1 heterocycles. The lowest BCUT2D eigenvalue weighted by molar-refractivity contribution is -0.120. The van der Waals surface area contributed by atoms with Gasteiger partial charge >= 0.3 is 0 Å². The van der Waals surface area contributed by atoms with Gasteiger partial charge in [-0.3, -0.25) is 4.79 Å². The summed E-state index contributed by atoms with van der Waals surface area (Å²) in [6.07, 6.45) is 4.35. The van der Waals surface area contributed by atoms with E-state index in [0.29, 0.717) is 13.0 Å². The van der Waals surface area contributed by atoms with Crippen molar-refractivity contribution >= 4 is 39.3 Å². The fourth-order valence-corrected chi connectivity index (χ4v) is 3.94. The molecule has 1 N–H and O–H groups in total. The van der Waals surface area contributed by atoms with Crippen LogP contribution < -0.4 is 5.32 Å². The highest BCUT2D eigenvalue weighted by molar-refractivity contribution is 8.76. The minimum atomic E-state index is 0.0862. The molecule has 0 bridgehead atoms. The lowest BCUT2D eigenvalue weighted by Crippen LogP contribution is -2.22. The smallest absolute Gasteiger partial charge is 0.221 e. The van der Waals surface area contributed by atoms with Crippen LogP contribution >= 0.6 is 33.3 Å². The van der Waals surface area contributed by atoms with Crippen molar-refractivity contribution in [1.29, 1.82) is 0 Å². The minimum absolute atomic E-state index is 0.0862. The topological polar surface area (TPSA) is 42.0 Å². The van der Waals surface area contributed by atoms with E-state index in [2.05, 4.69) is 40.8 Å². The number of thioether (sulfide) groups is 1. The van der Waals surface area contributed by atoms with Crippen molar-refractivity contribution in [3.63, 3.8) is 0 Å². The minimum Gasteiger partial charge on any atom is -0.352 e. The summed E-state index contributed by atoms with van der Waals surface area (Å²) in [5.74, 6) is 0.862. The number of hydrogen-bond donors (Lipinski definition) is 1. The standard InChI is InChI=1S/C16H18N2OS3/c1-20-14-7-5-13(6-8-14)12-18-15(19)9-11-21-22-16-4-2-3-10-17-16/h2-8,10H,9,11-12H2,1H3,(H,18,19). The zero-order valence-electron chi connectivity index (χ0n) is 12.3. The van der Waals surface area contributed by atoms with E-state index in [1.165, 1.54) is 4.90 Å². The van der Waals surface area contributed by atoms with Crippen LogP contribution in [0.4, 0.5) is 0 Å². The molecule has 0 saturated heterocycles.